The van der Waals surface area contributed by atoms with E-state index < -0.39 is 5.97 Å². The van der Waals surface area contributed by atoms with Gasteiger partial charge in [0.25, 0.3) is 0 Å². The molecule has 0 bridgehead atoms. The van der Waals surface area contributed by atoms with E-state index in [4.69, 9.17) is 9.84 Å². The van der Waals surface area contributed by atoms with Crippen LogP contribution in [0.5, 0.6) is 0 Å². The van der Waals surface area contributed by atoms with Crippen molar-refractivity contribution < 1.29 is 14.6 Å². The molecule has 6 heteroatoms. The van der Waals surface area contributed by atoms with Gasteiger partial charge in [-0.1, -0.05) is 0 Å². The van der Waals surface area contributed by atoms with Crippen molar-refractivity contribution >= 4 is 11.8 Å². The highest BCUT2D eigenvalue weighted by molar-refractivity contribution is 5.86. The lowest BCUT2D eigenvalue weighted by Gasteiger charge is -2.29. The van der Waals surface area contributed by atoms with Crippen molar-refractivity contribution in [2.45, 2.75) is 44.4 Å². The quantitative estimate of drug-likeness (QED) is 0.833. The molecule has 2 aliphatic heterocycles. The van der Waals surface area contributed by atoms with Crippen LogP contribution in [0.4, 0.5) is 5.82 Å². The van der Waals surface area contributed by atoms with Gasteiger partial charge in [-0.05, 0) is 26.2 Å². The first-order chi connectivity index (χ1) is 8.65. The zero-order chi connectivity index (χ0) is 12.7. The maximum Gasteiger partial charge on any atom is 0.356 e. The molecule has 0 spiro atoms. The Morgan fingerprint density at radius 3 is 3.06 bits per heavy atom. The number of anilines is 1. The highest BCUT2D eigenvalue weighted by atomic mass is 16.5. The lowest BCUT2D eigenvalue weighted by molar-refractivity contribution is 0.0171. The van der Waals surface area contributed by atoms with Crippen molar-refractivity contribution in [2.24, 2.45) is 0 Å². The summed E-state index contributed by atoms with van der Waals surface area (Å²) in [5.74, 6) is -0.204. The van der Waals surface area contributed by atoms with Crippen LogP contribution in [0.3, 0.4) is 0 Å². The Balaban J connectivity index is 1.89. The standard InChI is InChI=1S/C12H17N3O3/c1-7-2-3-10(18-7)9-4-5-13-11-6-8(12(16)17)14-15(9)11/h6-7,9-10,13H,2-5H2,1H3,(H,16,17). The van der Waals surface area contributed by atoms with Crippen LogP contribution in [0, 0.1) is 0 Å². The minimum Gasteiger partial charge on any atom is -0.476 e. The monoisotopic (exact) mass is 251 g/mol. The molecule has 1 fully saturated rings. The number of rotatable bonds is 2. The molecule has 18 heavy (non-hydrogen) atoms. The molecule has 1 aromatic rings. The summed E-state index contributed by atoms with van der Waals surface area (Å²) in [7, 11) is 0. The van der Waals surface area contributed by atoms with E-state index in [0.717, 1.165) is 31.6 Å². The molecular weight excluding hydrogens is 234 g/mol. The van der Waals surface area contributed by atoms with Crippen molar-refractivity contribution in [3.05, 3.63) is 11.8 Å². The van der Waals surface area contributed by atoms with Gasteiger partial charge < -0.3 is 15.2 Å². The predicted octanol–water partition coefficient (Wildman–Crippen LogP) is 1.51. The molecule has 0 saturated carbocycles. The number of carbonyl (C=O) groups is 1. The first-order valence-electron chi connectivity index (χ1n) is 6.37. The molecule has 2 N–H and O–H groups in total. The average molecular weight is 251 g/mol. The van der Waals surface area contributed by atoms with E-state index in [9.17, 15) is 4.79 Å². The highest BCUT2D eigenvalue weighted by Gasteiger charge is 2.34. The van der Waals surface area contributed by atoms with E-state index in [1.54, 1.807) is 10.7 Å². The number of carboxylic acids is 1. The second-order valence-corrected chi connectivity index (χ2v) is 5.01. The number of fused-ring (bicyclic) bond motifs is 1. The molecule has 6 nitrogen and oxygen atoms in total. The van der Waals surface area contributed by atoms with Crippen molar-refractivity contribution in [3.8, 4) is 0 Å². The Morgan fingerprint density at radius 2 is 2.39 bits per heavy atom. The predicted molar refractivity (Wildman–Crippen MR) is 64.9 cm³/mol. The van der Waals surface area contributed by atoms with Gasteiger partial charge in [0.1, 0.15) is 5.82 Å². The Bertz CT molecular complexity index is 471. The third-order valence-electron chi connectivity index (χ3n) is 3.71. The number of nitrogens with one attached hydrogen (secondary N) is 1. The smallest absolute Gasteiger partial charge is 0.356 e. The number of hydrogen-bond donors (Lipinski definition) is 2. The number of hydrogen-bond acceptors (Lipinski definition) is 4. The molecule has 1 aromatic heterocycles. The minimum absolute atomic E-state index is 0.0930. The normalized spacial score (nSPS) is 30.8. The summed E-state index contributed by atoms with van der Waals surface area (Å²) in [5.41, 5.74) is 0.0930. The van der Waals surface area contributed by atoms with Gasteiger partial charge in [0.05, 0.1) is 18.2 Å². The summed E-state index contributed by atoms with van der Waals surface area (Å²) in [4.78, 5) is 11.0. The lowest BCUT2D eigenvalue weighted by Crippen LogP contribution is -2.32. The Labute approximate surface area is 105 Å². The zero-order valence-electron chi connectivity index (χ0n) is 10.3. The first kappa shape index (κ1) is 11.5. The van der Waals surface area contributed by atoms with E-state index in [-0.39, 0.29) is 17.8 Å². The summed E-state index contributed by atoms with van der Waals surface area (Å²) in [6.07, 6.45) is 3.46. The molecule has 3 rings (SSSR count). The number of ether oxygens (including phenoxy) is 1. The van der Waals surface area contributed by atoms with E-state index in [1.165, 1.54) is 0 Å². The molecule has 0 amide bonds. The topological polar surface area (TPSA) is 76.4 Å². The summed E-state index contributed by atoms with van der Waals surface area (Å²) < 4.78 is 7.68. The largest absolute Gasteiger partial charge is 0.476 e. The fraction of sp³-hybridized carbons (Fsp3) is 0.667. The van der Waals surface area contributed by atoms with Crippen LogP contribution in [-0.4, -0.2) is 39.6 Å². The van der Waals surface area contributed by atoms with Gasteiger partial charge in [0, 0.05) is 12.6 Å². The Kier molecular flexibility index (Phi) is 2.74. The van der Waals surface area contributed by atoms with Crippen molar-refractivity contribution in [1.82, 2.24) is 9.78 Å². The molecule has 3 unspecified atom stereocenters. The van der Waals surface area contributed by atoms with Crippen molar-refractivity contribution in [1.29, 1.82) is 0 Å². The molecule has 0 radical (unpaired) electrons. The van der Waals surface area contributed by atoms with Crippen LogP contribution in [0.2, 0.25) is 0 Å². The van der Waals surface area contributed by atoms with Gasteiger partial charge in [-0.3, -0.25) is 0 Å². The fourth-order valence-corrected chi connectivity index (χ4v) is 2.81. The van der Waals surface area contributed by atoms with E-state index in [2.05, 4.69) is 17.3 Å². The maximum atomic E-state index is 11.0. The van der Waals surface area contributed by atoms with E-state index >= 15 is 0 Å². The van der Waals surface area contributed by atoms with Gasteiger partial charge in [0.2, 0.25) is 0 Å². The van der Waals surface area contributed by atoms with Crippen LogP contribution in [0.25, 0.3) is 0 Å². The van der Waals surface area contributed by atoms with Crippen molar-refractivity contribution in [3.63, 3.8) is 0 Å². The third-order valence-corrected chi connectivity index (χ3v) is 3.71. The molecule has 1 saturated heterocycles. The van der Waals surface area contributed by atoms with Gasteiger partial charge in [-0.15, -0.1) is 0 Å². The molecule has 3 atom stereocenters. The van der Waals surface area contributed by atoms with Gasteiger partial charge in [-0.2, -0.15) is 5.10 Å². The van der Waals surface area contributed by atoms with Crippen LogP contribution >= 0.6 is 0 Å². The highest BCUT2D eigenvalue weighted by Crippen LogP contribution is 2.34. The van der Waals surface area contributed by atoms with Gasteiger partial charge in [0.15, 0.2) is 5.69 Å². The van der Waals surface area contributed by atoms with Gasteiger partial charge >= 0.3 is 5.97 Å². The van der Waals surface area contributed by atoms with Crippen LogP contribution in [-0.2, 0) is 4.74 Å². The van der Waals surface area contributed by atoms with Crippen molar-refractivity contribution in [2.75, 3.05) is 11.9 Å². The van der Waals surface area contributed by atoms with Crippen LogP contribution < -0.4 is 5.32 Å². The maximum absolute atomic E-state index is 11.0. The SMILES string of the molecule is CC1CCC(C2CCNc3cc(C(=O)O)nn32)O1. The van der Waals surface area contributed by atoms with Crippen LogP contribution in [0.15, 0.2) is 6.07 Å². The van der Waals surface area contributed by atoms with Crippen LogP contribution in [0.1, 0.15) is 42.7 Å². The second-order valence-electron chi connectivity index (χ2n) is 5.01. The third kappa shape index (κ3) is 1.86. The second kappa shape index (κ2) is 4.28. The molecule has 0 aliphatic carbocycles. The Hall–Kier alpha value is -1.56. The number of aromatic carboxylic acids is 1. The molecule has 2 aliphatic rings. The summed E-state index contributed by atoms with van der Waals surface area (Å²) in [5, 5.41) is 16.4. The lowest BCUT2D eigenvalue weighted by atomic mass is 10.0. The minimum atomic E-state index is -0.988. The molecule has 3 heterocycles. The zero-order valence-corrected chi connectivity index (χ0v) is 10.3. The molecular formula is C12H17N3O3. The number of carboxylic acid groups (broad SMARTS) is 1. The van der Waals surface area contributed by atoms with E-state index in [0.29, 0.717) is 6.10 Å². The molecule has 0 aromatic carbocycles. The number of aromatic nitrogens is 2. The average Bonchev–Trinajstić information content (AvgIpc) is 2.94. The fourth-order valence-electron chi connectivity index (χ4n) is 2.81. The summed E-state index contributed by atoms with van der Waals surface area (Å²) in [6, 6.07) is 1.74. The van der Waals surface area contributed by atoms with Gasteiger partial charge in [-0.25, -0.2) is 9.48 Å². The summed E-state index contributed by atoms with van der Waals surface area (Å²) in [6.45, 7) is 2.91. The number of nitrogens with zero attached hydrogens (tertiary/aromatic N) is 2. The first-order valence-corrected chi connectivity index (χ1v) is 6.37. The molecule has 98 valence electrons. The Morgan fingerprint density at radius 1 is 1.56 bits per heavy atom. The summed E-state index contributed by atoms with van der Waals surface area (Å²) >= 11 is 0. The van der Waals surface area contributed by atoms with E-state index in [1.807, 2.05) is 0 Å².